The first-order valence-corrected chi connectivity index (χ1v) is 11.1. The third-order valence-corrected chi connectivity index (χ3v) is 6.30. The Balaban J connectivity index is 1.89. The van der Waals surface area contributed by atoms with E-state index in [1.54, 1.807) is 25.3 Å². The van der Waals surface area contributed by atoms with Crippen molar-refractivity contribution in [1.82, 2.24) is 4.98 Å². The monoisotopic (exact) mass is 441 g/mol. The van der Waals surface area contributed by atoms with E-state index in [1.807, 2.05) is 31.2 Å². The zero-order valence-corrected chi connectivity index (χ0v) is 18.7. The van der Waals surface area contributed by atoms with Crippen LogP contribution in [-0.2, 0) is 22.4 Å². The fraction of sp³-hybridized carbons (Fsp3) is 0.214. The van der Waals surface area contributed by atoms with Crippen LogP contribution in [0.2, 0.25) is 0 Å². The van der Waals surface area contributed by atoms with Crippen LogP contribution in [0.1, 0.15) is 29.2 Å². The molecule has 1 aliphatic rings. The van der Waals surface area contributed by atoms with Gasteiger partial charge in [0.15, 0.2) is 0 Å². The molecule has 0 aliphatic carbocycles. The summed E-state index contributed by atoms with van der Waals surface area (Å²) in [7, 11) is 0. The standard InChI is InChI=1S/C28H24FNO3/c1-4-17-6-7-19-22(27(17)29)14-16(3)21(15-24(31)32-5-2)26(19)20-8-9-23-25-18(11-13-33-23)10-12-30-28(20)25/h4,6-10,12,14H,1,5,11,13,15H2,2-3H3. The molecule has 166 valence electrons. The molecule has 33 heavy (non-hydrogen) atoms. The normalized spacial score (nSPS) is 12.6. The second-order valence-corrected chi connectivity index (χ2v) is 8.20. The Morgan fingerprint density at radius 3 is 2.88 bits per heavy atom. The molecule has 4 aromatic rings. The quantitative estimate of drug-likeness (QED) is 0.347. The van der Waals surface area contributed by atoms with Crippen molar-refractivity contribution in [2.45, 2.75) is 26.7 Å². The molecular formula is C28H24FNO3. The molecule has 1 aliphatic heterocycles. The first-order chi connectivity index (χ1) is 16.0. The zero-order chi connectivity index (χ0) is 23.1. The van der Waals surface area contributed by atoms with Gasteiger partial charge in [0.1, 0.15) is 11.6 Å². The van der Waals surface area contributed by atoms with Gasteiger partial charge in [-0.15, -0.1) is 0 Å². The fourth-order valence-electron chi connectivity index (χ4n) is 4.79. The van der Waals surface area contributed by atoms with Crippen molar-refractivity contribution in [2.24, 2.45) is 0 Å². The van der Waals surface area contributed by atoms with E-state index in [2.05, 4.69) is 6.58 Å². The van der Waals surface area contributed by atoms with Crippen molar-refractivity contribution in [2.75, 3.05) is 13.2 Å². The van der Waals surface area contributed by atoms with E-state index in [0.717, 1.165) is 50.7 Å². The Bertz CT molecular complexity index is 1430. The number of aromatic nitrogens is 1. The highest BCUT2D eigenvalue weighted by Crippen LogP contribution is 2.43. The summed E-state index contributed by atoms with van der Waals surface area (Å²) in [5.74, 6) is 0.157. The largest absolute Gasteiger partial charge is 0.493 e. The van der Waals surface area contributed by atoms with Gasteiger partial charge in [0.25, 0.3) is 0 Å². The SMILES string of the molecule is C=Cc1ccc2c(-c3ccc4c5c(ccnc35)CCO4)c(CC(=O)OCC)c(C)cc2c1F. The Morgan fingerprint density at radius 1 is 1.24 bits per heavy atom. The molecule has 0 spiro atoms. The maximum Gasteiger partial charge on any atom is 0.310 e. The first-order valence-electron chi connectivity index (χ1n) is 11.1. The second-order valence-electron chi connectivity index (χ2n) is 8.20. The van der Waals surface area contributed by atoms with Crippen molar-refractivity contribution in [3.05, 3.63) is 77.2 Å². The van der Waals surface area contributed by atoms with Crippen LogP contribution in [0.4, 0.5) is 4.39 Å². The summed E-state index contributed by atoms with van der Waals surface area (Å²) >= 11 is 0. The number of carbonyl (C=O) groups excluding carboxylic acids is 1. The Kier molecular flexibility index (Phi) is 5.33. The molecule has 0 saturated carbocycles. The maximum atomic E-state index is 15.4. The smallest absolute Gasteiger partial charge is 0.310 e. The van der Waals surface area contributed by atoms with Crippen LogP contribution >= 0.6 is 0 Å². The average molecular weight is 442 g/mol. The van der Waals surface area contributed by atoms with Crippen molar-refractivity contribution in [3.8, 4) is 16.9 Å². The Labute approximate surface area is 191 Å². The van der Waals surface area contributed by atoms with Crippen LogP contribution in [0.5, 0.6) is 5.75 Å². The van der Waals surface area contributed by atoms with Gasteiger partial charge in [-0.05, 0) is 65.8 Å². The molecule has 0 N–H and O–H groups in total. The van der Waals surface area contributed by atoms with Crippen LogP contribution in [0, 0.1) is 12.7 Å². The molecular weight excluding hydrogens is 417 g/mol. The molecule has 0 bridgehead atoms. The lowest BCUT2D eigenvalue weighted by Gasteiger charge is -2.22. The van der Waals surface area contributed by atoms with Gasteiger partial charge in [0.2, 0.25) is 0 Å². The number of rotatable bonds is 5. The summed E-state index contributed by atoms with van der Waals surface area (Å²) in [4.78, 5) is 17.2. The number of aryl methyl sites for hydroxylation is 1. The van der Waals surface area contributed by atoms with Gasteiger partial charge in [0.05, 0.1) is 25.2 Å². The molecule has 0 unspecified atom stereocenters. The van der Waals surface area contributed by atoms with Crippen LogP contribution in [0.15, 0.2) is 49.2 Å². The average Bonchev–Trinajstić information content (AvgIpc) is 2.82. The third-order valence-electron chi connectivity index (χ3n) is 6.30. The van der Waals surface area contributed by atoms with Crippen LogP contribution < -0.4 is 4.74 Å². The summed E-state index contributed by atoms with van der Waals surface area (Å²) in [5, 5.41) is 2.19. The van der Waals surface area contributed by atoms with E-state index in [0.29, 0.717) is 24.2 Å². The number of fused-ring (bicyclic) bond motifs is 1. The molecule has 0 amide bonds. The number of hydrogen-bond donors (Lipinski definition) is 0. The minimum absolute atomic E-state index is 0.0925. The molecule has 4 nitrogen and oxygen atoms in total. The molecule has 5 heteroatoms. The summed E-state index contributed by atoms with van der Waals surface area (Å²) in [6, 6.07) is 11.3. The summed E-state index contributed by atoms with van der Waals surface area (Å²) in [5.41, 5.74) is 5.68. The van der Waals surface area contributed by atoms with Gasteiger partial charge >= 0.3 is 5.97 Å². The van der Waals surface area contributed by atoms with Crippen molar-refractivity contribution in [1.29, 1.82) is 0 Å². The summed E-state index contributed by atoms with van der Waals surface area (Å²) < 4.78 is 26.5. The second kappa shape index (κ2) is 8.32. The lowest BCUT2D eigenvalue weighted by molar-refractivity contribution is -0.142. The number of hydrogen-bond acceptors (Lipinski definition) is 4. The Hall–Kier alpha value is -3.73. The first kappa shape index (κ1) is 21.1. The van der Waals surface area contributed by atoms with E-state index in [1.165, 1.54) is 11.6 Å². The molecule has 0 fully saturated rings. The lowest BCUT2D eigenvalue weighted by atomic mass is 9.86. The predicted molar refractivity (Wildman–Crippen MR) is 129 cm³/mol. The van der Waals surface area contributed by atoms with Crippen molar-refractivity contribution < 1.29 is 18.7 Å². The molecule has 5 rings (SSSR count). The van der Waals surface area contributed by atoms with Crippen molar-refractivity contribution in [3.63, 3.8) is 0 Å². The highest BCUT2D eigenvalue weighted by molar-refractivity contribution is 6.09. The number of nitrogens with zero attached hydrogens (tertiary/aromatic N) is 1. The Morgan fingerprint density at radius 2 is 2.09 bits per heavy atom. The number of carbonyl (C=O) groups is 1. The van der Waals surface area contributed by atoms with Crippen LogP contribution in [0.25, 0.3) is 38.9 Å². The van der Waals surface area contributed by atoms with E-state index in [-0.39, 0.29) is 18.2 Å². The van der Waals surface area contributed by atoms with E-state index in [9.17, 15) is 4.79 Å². The third kappa shape index (κ3) is 3.44. The van der Waals surface area contributed by atoms with E-state index in [4.69, 9.17) is 14.5 Å². The number of halogens is 1. The van der Waals surface area contributed by atoms with E-state index >= 15 is 4.39 Å². The molecule has 3 aromatic carbocycles. The molecule has 2 heterocycles. The minimum Gasteiger partial charge on any atom is -0.493 e. The van der Waals surface area contributed by atoms with Gasteiger partial charge in [0, 0.05) is 34.5 Å². The van der Waals surface area contributed by atoms with Gasteiger partial charge in [-0.3, -0.25) is 9.78 Å². The number of benzene rings is 3. The van der Waals surface area contributed by atoms with Gasteiger partial charge in [-0.25, -0.2) is 4.39 Å². The van der Waals surface area contributed by atoms with Gasteiger partial charge in [-0.2, -0.15) is 0 Å². The number of pyridine rings is 1. The predicted octanol–water partition coefficient (Wildman–Crippen LogP) is 6.19. The topological polar surface area (TPSA) is 48.4 Å². The van der Waals surface area contributed by atoms with Crippen LogP contribution in [-0.4, -0.2) is 24.2 Å². The highest BCUT2D eigenvalue weighted by atomic mass is 19.1. The molecule has 0 atom stereocenters. The minimum atomic E-state index is -0.325. The number of esters is 1. The molecule has 0 saturated heterocycles. The maximum absolute atomic E-state index is 15.4. The summed E-state index contributed by atoms with van der Waals surface area (Å²) in [6.07, 6.45) is 4.21. The number of ether oxygens (including phenoxy) is 2. The lowest BCUT2D eigenvalue weighted by Crippen LogP contribution is -2.11. The van der Waals surface area contributed by atoms with Crippen molar-refractivity contribution >= 4 is 33.7 Å². The van der Waals surface area contributed by atoms with Gasteiger partial charge in [-0.1, -0.05) is 24.8 Å². The molecule has 0 radical (unpaired) electrons. The molecule has 1 aromatic heterocycles. The fourth-order valence-corrected chi connectivity index (χ4v) is 4.79. The highest BCUT2D eigenvalue weighted by Gasteiger charge is 2.23. The zero-order valence-electron chi connectivity index (χ0n) is 18.7. The van der Waals surface area contributed by atoms with Crippen LogP contribution in [0.3, 0.4) is 0 Å². The summed E-state index contributed by atoms with van der Waals surface area (Å²) in [6.45, 7) is 8.35. The van der Waals surface area contributed by atoms with E-state index < -0.39 is 0 Å². The van der Waals surface area contributed by atoms with Gasteiger partial charge < -0.3 is 9.47 Å².